The SMILES string of the molecule is COC1=C(N)C(=O)c2ccccc2C1=O.COC1=C(OC)C(=O)c2ccccc2C1=O. The second kappa shape index (κ2) is 8.66. The van der Waals surface area contributed by atoms with E-state index in [2.05, 4.69) is 0 Å². The third-order valence-electron chi connectivity index (χ3n) is 4.76. The summed E-state index contributed by atoms with van der Waals surface area (Å²) in [7, 11) is 4.00. The lowest BCUT2D eigenvalue weighted by Crippen LogP contribution is -2.27. The first kappa shape index (κ1) is 21.5. The molecule has 158 valence electrons. The first-order valence-electron chi connectivity index (χ1n) is 9.10. The van der Waals surface area contributed by atoms with Gasteiger partial charge in [-0.2, -0.15) is 0 Å². The lowest BCUT2D eigenvalue weighted by molar-refractivity contribution is 0.0829. The van der Waals surface area contributed by atoms with E-state index in [-0.39, 0.29) is 46.1 Å². The molecule has 0 radical (unpaired) electrons. The van der Waals surface area contributed by atoms with Crippen molar-refractivity contribution in [1.29, 1.82) is 0 Å². The molecule has 2 aromatic carbocycles. The monoisotopic (exact) mass is 421 g/mol. The number of carbonyl (C=O) groups excluding carboxylic acids is 4. The molecule has 0 fully saturated rings. The van der Waals surface area contributed by atoms with Gasteiger partial charge in [0, 0.05) is 22.3 Å². The number of methoxy groups -OCH3 is 3. The summed E-state index contributed by atoms with van der Waals surface area (Å²) in [6.07, 6.45) is 0. The Morgan fingerprint density at radius 3 is 1.13 bits per heavy atom. The van der Waals surface area contributed by atoms with E-state index in [0.717, 1.165) is 0 Å². The molecular weight excluding hydrogens is 402 g/mol. The maximum Gasteiger partial charge on any atom is 0.232 e. The molecule has 2 aliphatic rings. The third kappa shape index (κ3) is 3.59. The molecular formula is C23H19NO7. The Morgan fingerprint density at radius 1 is 0.516 bits per heavy atom. The quantitative estimate of drug-likeness (QED) is 0.802. The average molecular weight is 421 g/mol. The third-order valence-corrected chi connectivity index (χ3v) is 4.76. The van der Waals surface area contributed by atoms with Crippen molar-refractivity contribution in [3.05, 3.63) is 93.8 Å². The van der Waals surface area contributed by atoms with Crippen molar-refractivity contribution < 1.29 is 33.4 Å². The van der Waals surface area contributed by atoms with E-state index < -0.39 is 0 Å². The molecule has 2 aliphatic carbocycles. The molecule has 8 heteroatoms. The number of fused-ring (bicyclic) bond motifs is 2. The minimum absolute atomic E-state index is 0.0359. The van der Waals surface area contributed by atoms with Crippen LogP contribution in [0.4, 0.5) is 0 Å². The summed E-state index contributed by atoms with van der Waals surface area (Å²) in [5.74, 6) is -1.49. The number of Topliss-reactive ketones (excluding diaryl/α,β-unsaturated/α-hetero) is 4. The predicted octanol–water partition coefficient (Wildman–Crippen LogP) is 2.45. The molecule has 31 heavy (non-hydrogen) atoms. The van der Waals surface area contributed by atoms with E-state index in [1.807, 2.05) is 0 Å². The summed E-state index contributed by atoms with van der Waals surface area (Å²) in [4.78, 5) is 47.4. The summed E-state index contributed by atoms with van der Waals surface area (Å²) < 4.78 is 14.7. The molecule has 0 heterocycles. The van der Waals surface area contributed by atoms with Crippen molar-refractivity contribution in [3.8, 4) is 0 Å². The fourth-order valence-corrected chi connectivity index (χ4v) is 3.28. The number of allylic oxidation sites excluding steroid dienone is 4. The fraction of sp³-hybridized carbons (Fsp3) is 0.130. The molecule has 0 bridgehead atoms. The molecule has 0 amide bonds. The number of hydrogen-bond donors (Lipinski definition) is 1. The standard InChI is InChI=1S/C12H10O4.C11H9NO3/c1-15-11-9(13)7-5-3-4-6-8(7)10(14)12(11)16-2;1-15-11-8(12)9(13)6-4-2-3-5-7(6)10(11)14/h3-6H,1-2H3;2-5H,12H2,1H3. The second-order valence-electron chi connectivity index (χ2n) is 6.42. The first-order valence-corrected chi connectivity index (χ1v) is 9.10. The molecule has 0 aromatic heterocycles. The zero-order valence-corrected chi connectivity index (χ0v) is 17.1. The smallest absolute Gasteiger partial charge is 0.232 e. The molecule has 0 saturated heterocycles. The molecule has 0 atom stereocenters. The maximum atomic E-state index is 11.9. The normalized spacial score (nSPS) is 15.1. The Kier molecular flexibility index (Phi) is 6.01. The Labute approximate surface area is 177 Å². The van der Waals surface area contributed by atoms with Crippen molar-refractivity contribution in [2.75, 3.05) is 21.3 Å². The van der Waals surface area contributed by atoms with Crippen molar-refractivity contribution >= 4 is 23.1 Å². The number of rotatable bonds is 3. The topological polar surface area (TPSA) is 122 Å². The van der Waals surface area contributed by atoms with E-state index in [0.29, 0.717) is 22.3 Å². The summed E-state index contributed by atoms with van der Waals surface area (Å²) in [6.45, 7) is 0. The fourth-order valence-electron chi connectivity index (χ4n) is 3.28. The van der Waals surface area contributed by atoms with Crippen LogP contribution in [0.5, 0.6) is 0 Å². The van der Waals surface area contributed by atoms with E-state index in [4.69, 9.17) is 19.9 Å². The van der Waals surface area contributed by atoms with Gasteiger partial charge in [0.2, 0.25) is 34.7 Å². The van der Waals surface area contributed by atoms with Crippen molar-refractivity contribution in [1.82, 2.24) is 0 Å². The van der Waals surface area contributed by atoms with Gasteiger partial charge in [-0.3, -0.25) is 19.2 Å². The lowest BCUT2D eigenvalue weighted by atomic mass is 9.92. The highest BCUT2D eigenvalue weighted by Crippen LogP contribution is 2.27. The van der Waals surface area contributed by atoms with Gasteiger partial charge >= 0.3 is 0 Å². The van der Waals surface area contributed by atoms with E-state index >= 15 is 0 Å². The van der Waals surface area contributed by atoms with Crippen molar-refractivity contribution in [3.63, 3.8) is 0 Å². The van der Waals surface area contributed by atoms with Gasteiger partial charge < -0.3 is 19.9 Å². The van der Waals surface area contributed by atoms with E-state index in [1.165, 1.54) is 21.3 Å². The van der Waals surface area contributed by atoms with Crippen molar-refractivity contribution in [2.45, 2.75) is 0 Å². The molecule has 0 spiro atoms. The minimum Gasteiger partial charge on any atom is -0.491 e. The van der Waals surface area contributed by atoms with Gasteiger partial charge in [0.1, 0.15) is 5.70 Å². The van der Waals surface area contributed by atoms with Crippen LogP contribution in [0, 0.1) is 0 Å². The minimum atomic E-state index is -0.359. The lowest BCUT2D eigenvalue weighted by Gasteiger charge is -2.18. The second-order valence-corrected chi connectivity index (χ2v) is 6.42. The van der Waals surface area contributed by atoms with Gasteiger partial charge in [-0.1, -0.05) is 48.5 Å². The van der Waals surface area contributed by atoms with Crippen LogP contribution >= 0.6 is 0 Å². The van der Waals surface area contributed by atoms with Gasteiger partial charge in [-0.15, -0.1) is 0 Å². The highest BCUT2D eigenvalue weighted by atomic mass is 16.5. The van der Waals surface area contributed by atoms with Crippen LogP contribution in [-0.4, -0.2) is 44.5 Å². The van der Waals surface area contributed by atoms with Crippen LogP contribution in [0.3, 0.4) is 0 Å². The largest absolute Gasteiger partial charge is 0.491 e. The van der Waals surface area contributed by atoms with Crippen molar-refractivity contribution in [2.24, 2.45) is 5.73 Å². The molecule has 2 N–H and O–H groups in total. The summed E-state index contributed by atoms with van der Waals surface area (Å²) >= 11 is 0. The highest BCUT2D eigenvalue weighted by Gasteiger charge is 2.34. The molecule has 0 unspecified atom stereocenters. The zero-order chi connectivity index (χ0) is 22.7. The molecule has 4 rings (SSSR count). The molecule has 0 aliphatic heterocycles. The van der Waals surface area contributed by atoms with Crippen LogP contribution in [0.1, 0.15) is 41.4 Å². The molecule has 0 saturated carbocycles. The van der Waals surface area contributed by atoms with Gasteiger partial charge in [0.15, 0.2) is 5.76 Å². The van der Waals surface area contributed by atoms with Crippen LogP contribution in [0.15, 0.2) is 71.5 Å². The zero-order valence-electron chi connectivity index (χ0n) is 17.1. The van der Waals surface area contributed by atoms with Crippen LogP contribution < -0.4 is 5.73 Å². The summed E-state index contributed by atoms with van der Waals surface area (Å²) in [5, 5.41) is 0. The van der Waals surface area contributed by atoms with Crippen LogP contribution in [-0.2, 0) is 14.2 Å². The number of nitrogens with two attached hydrogens (primary N) is 1. The average Bonchev–Trinajstić information content (AvgIpc) is 2.80. The Bertz CT molecular complexity index is 1130. The highest BCUT2D eigenvalue weighted by molar-refractivity contribution is 6.26. The van der Waals surface area contributed by atoms with E-state index in [1.54, 1.807) is 48.5 Å². The number of ether oxygens (including phenoxy) is 3. The van der Waals surface area contributed by atoms with Gasteiger partial charge in [0.25, 0.3) is 0 Å². The number of ketones is 4. The van der Waals surface area contributed by atoms with Crippen LogP contribution in [0.25, 0.3) is 0 Å². The van der Waals surface area contributed by atoms with Crippen LogP contribution in [0.2, 0.25) is 0 Å². The number of carbonyl (C=O) groups is 4. The summed E-state index contributed by atoms with van der Waals surface area (Å²) in [6, 6.07) is 13.1. The Morgan fingerprint density at radius 2 is 0.806 bits per heavy atom. The van der Waals surface area contributed by atoms with Gasteiger partial charge in [0.05, 0.1) is 21.3 Å². The van der Waals surface area contributed by atoms with Gasteiger partial charge in [-0.25, -0.2) is 0 Å². The van der Waals surface area contributed by atoms with E-state index in [9.17, 15) is 19.2 Å². The number of hydrogen-bond acceptors (Lipinski definition) is 8. The number of benzene rings is 2. The molecule has 8 nitrogen and oxygen atoms in total. The predicted molar refractivity (Wildman–Crippen MR) is 109 cm³/mol. The Hall–Kier alpha value is -4.20. The Balaban J connectivity index is 0.000000176. The first-order chi connectivity index (χ1) is 14.9. The van der Waals surface area contributed by atoms with Gasteiger partial charge in [-0.05, 0) is 0 Å². The maximum absolute atomic E-state index is 11.9. The molecule has 2 aromatic rings. The summed E-state index contributed by atoms with van der Waals surface area (Å²) in [5.41, 5.74) is 6.78.